The minimum atomic E-state index is -3.50. The minimum absolute atomic E-state index is 0.0346. The predicted octanol–water partition coefficient (Wildman–Crippen LogP) is 6.85. The first-order chi connectivity index (χ1) is 18.4. The second-order valence-electron chi connectivity index (χ2n) is 9.10. The summed E-state index contributed by atoms with van der Waals surface area (Å²) in [5.74, 6) is -0.587. The first kappa shape index (κ1) is 25.2. The van der Waals surface area contributed by atoms with E-state index >= 15 is 0 Å². The molecule has 190 valence electrons. The second kappa shape index (κ2) is 10.9. The molecule has 0 saturated heterocycles. The number of para-hydroxylation sites is 2. The third-order valence-electron chi connectivity index (χ3n) is 6.30. The van der Waals surface area contributed by atoms with E-state index in [-0.39, 0.29) is 23.6 Å². The molecule has 1 aromatic heterocycles. The fourth-order valence-corrected chi connectivity index (χ4v) is 6.78. The molecule has 0 atom stereocenters. The summed E-state index contributed by atoms with van der Waals surface area (Å²) in [5, 5.41) is 3.33. The van der Waals surface area contributed by atoms with Crippen LogP contribution in [-0.4, -0.2) is 10.5 Å². The fourth-order valence-electron chi connectivity index (χ4n) is 4.49. The number of amides is 1. The summed E-state index contributed by atoms with van der Waals surface area (Å²) in [6.45, 7) is 0. The van der Waals surface area contributed by atoms with Crippen molar-refractivity contribution in [1.29, 1.82) is 0 Å². The summed E-state index contributed by atoms with van der Waals surface area (Å²) in [4.78, 5) is 27.1. The quantitative estimate of drug-likeness (QED) is 0.226. The Labute approximate surface area is 221 Å². The topological polar surface area (TPSA) is 77.4 Å². The number of carbonyl (C=O) groups is 1. The number of hydrogen-bond acceptors (Lipinski definition) is 4. The van der Waals surface area contributed by atoms with Crippen molar-refractivity contribution >= 4 is 29.9 Å². The Balaban J connectivity index is 1.66. The van der Waals surface area contributed by atoms with E-state index in [1.165, 1.54) is 4.57 Å². The SMILES string of the molecule is Cn1c(=O)c(C(=O)Nc2ccccc2)c(OP(=O)(Cc2ccccc2)Cc2ccccc2)c2ccccc21. The van der Waals surface area contributed by atoms with Crippen molar-refractivity contribution in [2.24, 2.45) is 7.05 Å². The van der Waals surface area contributed by atoms with Crippen molar-refractivity contribution in [3.63, 3.8) is 0 Å². The molecule has 4 aromatic carbocycles. The van der Waals surface area contributed by atoms with Gasteiger partial charge < -0.3 is 14.4 Å². The number of rotatable bonds is 8. The van der Waals surface area contributed by atoms with Crippen LogP contribution in [0.4, 0.5) is 5.69 Å². The average Bonchev–Trinajstić information content (AvgIpc) is 2.93. The van der Waals surface area contributed by atoms with Gasteiger partial charge in [0.15, 0.2) is 5.75 Å². The molecule has 0 aliphatic carbocycles. The molecule has 7 heteroatoms. The molecule has 0 unspecified atom stereocenters. The molecule has 6 nitrogen and oxygen atoms in total. The zero-order valence-corrected chi connectivity index (χ0v) is 21.8. The van der Waals surface area contributed by atoms with Crippen LogP contribution in [0.15, 0.2) is 120 Å². The number of hydrogen-bond donors (Lipinski definition) is 1. The van der Waals surface area contributed by atoms with Crippen molar-refractivity contribution in [2.45, 2.75) is 12.3 Å². The average molecular weight is 523 g/mol. The van der Waals surface area contributed by atoms with Crippen LogP contribution >= 0.6 is 7.37 Å². The van der Waals surface area contributed by atoms with Gasteiger partial charge in [-0.2, -0.15) is 0 Å². The van der Waals surface area contributed by atoms with Gasteiger partial charge in [-0.3, -0.25) is 14.2 Å². The van der Waals surface area contributed by atoms with Gasteiger partial charge >= 0.3 is 0 Å². The molecule has 38 heavy (non-hydrogen) atoms. The standard InChI is InChI=1S/C31H27N2O4P/c1-33-27-20-12-11-19-26(27)29(28(31(33)35)30(34)32-25-17-9-4-10-18-25)37-38(36,21-23-13-5-2-6-14-23)22-24-15-7-3-8-16-24/h2-20H,21-22H2,1H3,(H,32,34). The van der Waals surface area contributed by atoms with Crippen LogP contribution in [0.25, 0.3) is 10.9 Å². The normalized spacial score (nSPS) is 11.3. The fraction of sp³-hybridized carbons (Fsp3) is 0.0968. The summed E-state index contributed by atoms with van der Waals surface area (Å²) in [6.07, 6.45) is 0.290. The van der Waals surface area contributed by atoms with Crippen molar-refractivity contribution < 1.29 is 13.9 Å². The van der Waals surface area contributed by atoms with Gasteiger partial charge in [-0.05, 0) is 35.4 Å². The molecule has 1 heterocycles. The Bertz CT molecular complexity index is 1640. The lowest BCUT2D eigenvalue weighted by Crippen LogP contribution is -2.29. The largest absolute Gasteiger partial charge is 0.441 e. The van der Waals surface area contributed by atoms with Crippen LogP contribution in [0, 0.1) is 0 Å². The number of nitrogens with one attached hydrogen (secondary N) is 1. The van der Waals surface area contributed by atoms with Gasteiger partial charge in [0, 0.05) is 18.1 Å². The first-order valence-corrected chi connectivity index (χ1v) is 14.3. The van der Waals surface area contributed by atoms with Gasteiger partial charge in [0.25, 0.3) is 18.8 Å². The van der Waals surface area contributed by atoms with E-state index in [0.717, 1.165) is 11.1 Å². The molecular formula is C31H27N2O4P. The van der Waals surface area contributed by atoms with E-state index in [9.17, 15) is 14.2 Å². The Morgan fingerprint density at radius 3 is 1.84 bits per heavy atom. The number of aryl methyl sites for hydroxylation is 1. The summed E-state index contributed by atoms with van der Waals surface area (Å²) in [6, 6.07) is 35.0. The minimum Gasteiger partial charge on any atom is -0.441 e. The summed E-state index contributed by atoms with van der Waals surface area (Å²) < 4.78 is 22.5. The molecule has 0 radical (unpaired) electrons. The third-order valence-corrected chi connectivity index (χ3v) is 8.51. The first-order valence-electron chi connectivity index (χ1n) is 12.3. The van der Waals surface area contributed by atoms with E-state index in [0.29, 0.717) is 16.6 Å². The highest BCUT2D eigenvalue weighted by Gasteiger charge is 2.31. The highest BCUT2D eigenvalue weighted by atomic mass is 31.2. The van der Waals surface area contributed by atoms with Crippen LogP contribution in [0.2, 0.25) is 0 Å². The lowest BCUT2D eigenvalue weighted by Gasteiger charge is -2.23. The summed E-state index contributed by atoms with van der Waals surface area (Å²) in [7, 11) is -1.89. The van der Waals surface area contributed by atoms with Gasteiger partial charge in [0.1, 0.15) is 5.56 Å². The Hall–Kier alpha value is -4.41. The van der Waals surface area contributed by atoms with Crippen molar-refractivity contribution in [3.05, 3.63) is 142 Å². The smallest absolute Gasteiger partial charge is 0.267 e. The van der Waals surface area contributed by atoms with E-state index in [2.05, 4.69) is 5.32 Å². The maximum absolute atomic E-state index is 14.6. The number of nitrogens with zero attached hydrogens (tertiary/aromatic N) is 1. The Morgan fingerprint density at radius 1 is 0.763 bits per heavy atom. The highest BCUT2D eigenvalue weighted by Crippen LogP contribution is 2.54. The van der Waals surface area contributed by atoms with Crippen LogP contribution in [0.1, 0.15) is 21.5 Å². The molecule has 5 aromatic rings. The van der Waals surface area contributed by atoms with Crippen LogP contribution < -0.4 is 15.4 Å². The second-order valence-corrected chi connectivity index (χ2v) is 11.5. The van der Waals surface area contributed by atoms with E-state index < -0.39 is 18.8 Å². The van der Waals surface area contributed by atoms with Gasteiger partial charge in [-0.25, -0.2) is 0 Å². The number of aromatic nitrogens is 1. The molecular weight excluding hydrogens is 495 g/mol. The van der Waals surface area contributed by atoms with Gasteiger partial charge in [0.2, 0.25) is 0 Å². The van der Waals surface area contributed by atoms with Crippen molar-refractivity contribution in [1.82, 2.24) is 4.57 Å². The van der Waals surface area contributed by atoms with E-state index in [4.69, 9.17) is 4.52 Å². The van der Waals surface area contributed by atoms with Crippen LogP contribution in [0.3, 0.4) is 0 Å². The summed E-state index contributed by atoms with van der Waals surface area (Å²) >= 11 is 0. The van der Waals surface area contributed by atoms with E-state index in [1.54, 1.807) is 49.5 Å². The van der Waals surface area contributed by atoms with Gasteiger partial charge in [-0.1, -0.05) is 91.0 Å². The molecule has 1 N–H and O–H groups in total. The molecule has 5 rings (SSSR count). The number of carbonyl (C=O) groups excluding carboxylic acids is 1. The lowest BCUT2D eigenvalue weighted by atomic mass is 10.1. The van der Waals surface area contributed by atoms with Crippen LogP contribution in [-0.2, 0) is 23.9 Å². The zero-order valence-electron chi connectivity index (χ0n) is 20.9. The number of benzene rings is 4. The predicted molar refractivity (Wildman–Crippen MR) is 152 cm³/mol. The Morgan fingerprint density at radius 2 is 1.26 bits per heavy atom. The number of pyridine rings is 1. The number of fused-ring (bicyclic) bond motifs is 1. The highest BCUT2D eigenvalue weighted by molar-refractivity contribution is 7.57. The zero-order chi connectivity index (χ0) is 26.5. The van der Waals surface area contributed by atoms with Gasteiger partial charge in [0.05, 0.1) is 17.8 Å². The monoisotopic (exact) mass is 522 g/mol. The van der Waals surface area contributed by atoms with Crippen LogP contribution in [0.5, 0.6) is 5.75 Å². The van der Waals surface area contributed by atoms with Crippen molar-refractivity contribution in [3.8, 4) is 5.75 Å². The molecule has 1 amide bonds. The maximum atomic E-state index is 14.6. The maximum Gasteiger partial charge on any atom is 0.267 e. The Kier molecular flexibility index (Phi) is 7.25. The van der Waals surface area contributed by atoms with E-state index in [1.807, 2.05) is 72.8 Å². The molecule has 0 saturated carbocycles. The molecule has 0 fully saturated rings. The summed E-state index contributed by atoms with van der Waals surface area (Å²) in [5.41, 5.74) is 2.09. The third kappa shape index (κ3) is 5.46. The molecule has 0 bridgehead atoms. The number of anilines is 1. The molecule has 0 aliphatic rings. The molecule has 0 aliphatic heterocycles. The molecule has 0 spiro atoms. The lowest BCUT2D eigenvalue weighted by molar-refractivity contribution is 0.102. The van der Waals surface area contributed by atoms with Crippen molar-refractivity contribution in [2.75, 3.05) is 5.32 Å². The van der Waals surface area contributed by atoms with Gasteiger partial charge in [-0.15, -0.1) is 0 Å².